The van der Waals surface area contributed by atoms with Crippen LogP contribution in [0, 0.1) is 17.8 Å². The molecule has 1 N–H and O–H groups in total. The van der Waals surface area contributed by atoms with Gasteiger partial charge in [0.1, 0.15) is 6.33 Å². The van der Waals surface area contributed by atoms with Crippen molar-refractivity contribution >= 4 is 17.5 Å². The molecule has 1 amide bonds. The number of hydrogen-bond acceptors (Lipinski definition) is 4. The van der Waals surface area contributed by atoms with E-state index in [1.54, 1.807) is 11.0 Å². The number of hydrogen-bond donors (Lipinski definition) is 1. The average molecular weight is 372 g/mol. The minimum Gasteiger partial charge on any atom is -0.356 e. The van der Waals surface area contributed by atoms with Crippen molar-refractivity contribution in [2.75, 3.05) is 6.54 Å². The van der Waals surface area contributed by atoms with Crippen LogP contribution in [0.2, 0.25) is 5.02 Å². The standard InChI is InChI=1S/C19H22ClN5O/c20-18-5-3-14(4-6-18)17(11-25-12-22-23-24-25)9-19(26)21-10-16-8-13-1-2-15(16)7-13/h1-6,12-13,15-17H,7-11H2,(H,21,26)/t13-,15-,16-,17+/m0/s1. The summed E-state index contributed by atoms with van der Waals surface area (Å²) >= 11 is 6.00. The van der Waals surface area contributed by atoms with Crippen LogP contribution in [-0.2, 0) is 11.3 Å². The van der Waals surface area contributed by atoms with Crippen molar-refractivity contribution < 1.29 is 4.79 Å². The van der Waals surface area contributed by atoms with E-state index in [1.165, 1.54) is 12.8 Å². The summed E-state index contributed by atoms with van der Waals surface area (Å²) in [4.78, 5) is 12.6. The first-order valence-electron chi connectivity index (χ1n) is 9.08. The molecule has 1 saturated carbocycles. The second-order valence-electron chi connectivity index (χ2n) is 7.33. The van der Waals surface area contributed by atoms with E-state index in [2.05, 4.69) is 33.0 Å². The lowest BCUT2D eigenvalue weighted by molar-refractivity contribution is -0.121. The molecule has 26 heavy (non-hydrogen) atoms. The number of carbonyl (C=O) groups excluding carboxylic acids is 1. The van der Waals surface area contributed by atoms with Gasteiger partial charge in [-0.05, 0) is 58.7 Å². The number of rotatable bonds is 7. The molecule has 1 fully saturated rings. The molecule has 0 radical (unpaired) electrons. The Labute approximate surface area is 157 Å². The number of fused-ring (bicyclic) bond motifs is 2. The van der Waals surface area contributed by atoms with E-state index in [-0.39, 0.29) is 11.8 Å². The maximum absolute atomic E-state index is 12.6. The van der Waals surface area contributed by atoms with Gasteiger partial charge in [-0.2, -0.15) is 0 Å². The van der Waals surface area contributed by atoms with E-state index in [1.807, 2.05) is 24.3 Å². The summed E-state index contributed by atoms with van der Waals surface area (Å²) in [5.41, 5.74) is 1.06. The number of nitrogens with one attached hydrogen (secondary N) is 1. The second-order valence-corrected chi connectivity index (χ2v) is 7.77. The van der Waals surface area contributed by atoms with E-state index in [9.17, 15) is 4.79 Å². The summed E-state index contributed by atoms with van der Waals surface area (Å²) in [5.74, 6) is 2.03. The van der Waals surface area contributed by atoms with E-state index >= 15 is 0 Å². The van der Waals surface area contributed by atoms with Gasteiger partial charge in [0.2, 0.25) is 5.91 Å². The fourth-order valence-electron chi connectivity index (χ4n) is 4.18. The topological polar surface area (TPSA) is 72.7 Å². The smallest absolute Gasteiger partial charge is 0.220 e. The molecule has 2 aromatic rings. The molecule has 2 bridgehead atoms. The number of allylic oxidation sites excluding steroid dienone is 2. The molecule has 6 nitrogen and oxygen atoms in total. The molecule has 1 heterocycles. The summed E-state index contributed by atoms with van der Waals surface area (Å²) in [6, 6.07) is 7.63. The first kappa shape index (κ1) is 17.2. The van der Waals surface area contributed by atoms with Crippen LogP contribution in [0.25, 0.3) is 0 Å². The number of nitrogens with zero attached hydrogens (tertiary/aromatic N) is 4. The Hall–Kier alpha value is -2.21. The number of halogens is 1. The lowest BCUT2D eigenvalue weighted by atomic mass is 9.93. The highest BCUT2D eigenvalue weighted by atomic mass is 35.5. The third-order valence-corrected chi connectivity index (χ3v) is 5.80. The Morgan fingerprint density at radius 1 is 1.27 bits per heavy atom. The van der Waals surface area contributed by atoms with E-state index < -0.39 is 0 Å². The monoisotopic (exact) mass is 371 g/mol. The number of amides is 1. The van der Waals surface area contributed by atoms with Crippen LogP contribution in [0.5, 0.6) is 0 Å². The van der Waals surface area contributed by atoms with Crippen molar-refractivity contribution in [3.8, 4) is 0 Å². The zero-order chi connectivity index (χ0) is 17.9. The summed E-state index contributed by atoms with van der Waals surface area (Å²) in [7, 11) is 0. The highest BCUT2D eigenvalue weighted by Crippen LogP contribution is 2.42. The molecule has 0 spiro atoms. The largest absolute Gasteiger partial charge is 0.356 e. The van der Waals surface area contributed by atoms with Gasteiger partial charge in [0, 0.05) is 23.9 Å². The Morgan fingerprint density at radius 2 is 2.12 bits per heavy atom. The van der Waals surface area contributed by atoms with Crippen molar-refractivity contribution in [1.82, 2.24) is 25.5 Å². The van der Waals surface area contributed by atoms with E-state index in [0.29, 0.717) is 29.8 Å². The van der Waals surface area contributed by atoms with Crippen molar-refractivity contribution in [2.24, 2.45) is 17.8 Å². The van der Waals surface area contributed by atoms with Crippen LogP contribution in [0.4, 0.5) is 0 Å². The zero-order valence-corrected chi connectivity index (χ0v) is 15.2. The average Bonchev–Trinajstić information content (AvgIpc) is 3.38. The Morgan fingerprint density at radius 3 is 2.77 bits per heavy atom. The fourth-order valence-corrected chi connectivity index (χ4v) is 4.31. The lowest BCUT2D eigenvalue weighted by Crippen LogP contribution is -2.32. The fraction of sp³-hybridized carbons (Fsp3) is 0.474. The van der Waals surface area contributed by atoms with Crippen molar-refractivity contribution in [3.63, 3.8) is 0 Å². The van der Waals surface area contributed by atoms with Gasteiger partial charge in [-0.1, -0.05) is 35.9 Å². The van der Waals surface area contributed by atoms with E-state index in [4.69, 9.17) is 11.6 Å². The van der Waals surface area contributed by atoms with Crippen molar-refractivity contribution in [3.05, 3.63) is 53.3 Å². The molecule has 136 valence electrons. The molecular weight excluding hydrogens is 350 g/mol. The second kappa shape index (κ2) is 7.58. The van der Waals surface area contributed by atoms with Gasteiger partial charge in [0.05, 0.1) is 6.54 Å². The van der Waals surface area contributed by atoms with Crippen LogP contribution in [0.15, 0.2) is 42.7 Å². The van der Waals surface area contributed by atoms with Gasteiger partial charge in [-0.15, -0.1) is 5.10 Å². The molecule has 0 aliphatic heterocycles. The first-order valence-corrected chi connectivity index (χ1v) is 9.46. The third-order valence-electron chi connectivity index (χ3n) is 5.55. The lowest BCUT2D eigenvalue weighted by Gasteiger charge is -2.20. The normalized spacial score (nSPS) is 24.7. The van der Waals surface area contributed by atoms with Crippen LogP contribution >= 0.6 is 11.6 Å². The van der Waals surface area contributed by atoms with Crippen LogP contribution < -0.4 is 5.32 Å². The molecule has 7 heteroatoms. The van der Waals surface area contributed by atoms with Gasteiger partial charge >= 0.3 is 0 Å². The SMILES string of the molecule is O=C(C[C@H](Cn1cnnn1)c1ccc(Cl)cc1)NC[C@@H]1C[C@H]2C=C[C@H]1C2. The van der Waals surface area contributed by atoms with E-state index in [0.717, 1.165) is 18.0 Å². The summed E-state index contributed by atoms with van der Waals surface area (Å²) in [6.07, 6.45) is 9.07. The van der Waals surface area contributed by atoms with Gasteiger partial charge in [-0.3, -0.25) is 4.79 Å². The van der Waals surface area contributed by atoms with Crippen molar-refractivity contribution in [2.45, 2.75) is 31.7 Å². The molecular formula is C19H22ClN5O. The maximum atomic E-state index is 12.6. The number of aromatic nitrogens is 4. The minimum absolute atomic E-state index is 0.00399. The van der Waals surface area contributed by atoms with Gasteiger partial charge in [0.25, 0.3) is 0 Å². The Bertz CT molecular complexity index is 774. The predicted octanol–water partition coefficient (Wildman–Crippen LogP) is 2.83. The molecule has 1 aromatic carbocycles. The zero-order valence-electron chi connectivity index (χ0n) is 14.5. The summed E-state index contributed by atoms with van der Waals surface area (Å²) in [5, 5.41) is 15.1. The third kappa shape index (κ3) is 3.96. The number of carbonyl (C=O) groups is 1. The van der Waals surface area contributed by atoms with Gasteiger partial charge in [-0.25, -0.2) is 4.68 Å². The molecule has 4 atom stereocenters. The van der Waals surface area contributed by atoms with Crippen LogP contribution in [0.3, 0.4) is 0 Å². The molecule has 0 saturated heterocycles. The van der Waals surface area contributed by atoms with Gasteiger partial charge < -0.3 is 5.32 Å². The van der Waals surface area contributed by atoms with Crippen molar-refractivity contribution in [1.29, 1.82) is 0 Å². The maximum Gasteiger partial charge on any atom is 0.220 e. The Kier molecular flexibility index (Phi) is 5.02. The number of benzene rings is 1. The molecule has 1 aromatic heterocycles. The number of tetrazole rings is 1. The molecule has 2 aliphatic carbocycles. The highest BCUT2D eigenvalue weighted by molar-refractivity contribution is 6.30. The summed E-state index contributed by atoms with van der Waals surface area (Å²) < 4.78 is 1.66. The first-order chi connectivity index (χ1) is 12.7. The molecule has 4 rings (SSSR count). The van der Waals surface area contributed by atoms with Crippen LogP contribution in [-0.4, -0.2) is 32.7 Å². The quantitative estimate of drug-likeness (QED) is 0.759. The predicted molar refractivity (Wildman–Crippen MR) is 98.5 cm³/mol. The highest BCUT2D eigenvalue weighted by Gasteiger charge is 2.35. The minimum atomic E-state index is -0.00399. The molecule has 0 unspecified atom stereocenters. The molecule has 2 aliphatic rings. The van der Waals surface area contributed by atoms with Gasteiger partial charge in [0.15, 0.2) is 0 Å². The Balaban J connectivity index is 1.38. The van der Waals surface area contributed by atoms with Crippen LogP contribution in [0.1, 0.15) is 30.7 Å². The summed E-state index contributed by atoms with van der Waals surface area (Å²) in [6.45, 7) is 1.32.